The van der Waals surface area contributed by atoms with Crippen molar-refractivity contribution < 1.29 is 9.59 Å². The lowest BCUT2D eigenvalue weighted by Crippen LogP contribution is -2.00. The summed E-state index contributed by atoms with van der Waals surface area (Å²) in [6.45, 7) is 0. The Morgan fingerprint density at radius 1 is 0.765 bits per heavy atom. The van der Waals surface area contributed by atoms with Crippen LogP contribution < -0.4 is 0 Å². The molecule has 0 spiro atoms. The third-order valence-electron chi connectivity index (χ3n) is 6.41. The number of carbonyl (C=O) groups is 2. The summed E-state index contributed by atoms with van der Waals surface area (Å²) < 4.78 is 4.37. The number of hydrogen-bond acceptors (Lipinski definition) is 5. The van der Waals surface area contributed by atoms with Crippen LogP contribution >= 0.6 is 22.7 Å². The van der Waals surface area contributed by atoms with Gasteiger partial charge in [0.2, 0.25) is 0 Å². The minimum absolute atomic E-state index is 0.189. The molecule has 6 aromatic rings. The molecule has 4 nitrogen and oxygen atoms in total. The molecule has 1 aliphatic carbocycles. The molecule has 0 bridgehead atoms. The van der Waals surface area contributed by atoms with Crippen LogP contribution in [0.3, 0.4) is 0 Å². The van der Waals surface area contributed by atoms with Gasteiger partial charge in [-0.2, -0.15) is 0 Å². The third-order valence-corrected chi connectivity index (χ3v) is 8.49. The molecular weight excluding hydrogens is 460 g/mol. The topological polar surface area (TPSA) is 52.0 Å². The van der Waals surface area contributed by atoms with Gasteiger partial charge in [-0.1, -0.05) is 42.5 Å². The summed E-state index contributed by atoms with van der Waals surface area (Å²) in [5.41, 5.74) is 3.10. The molecule has 6 heteroatoms. The van der Waals surface area contributed by atoms with Crippen molar-refractivity contribution in [3.05, 3.63) is 94.5 Å². The summed E-state index contributed by atoms with van der Waals surface area (Å²) in [6.07, 6.45) is 1.65. The predicted octanol–water partition coefficient (Wildman–Crippen LogP) is 7.13. The lowest BCUT2D eigenvalue weighted by Gasteiger charge is -2.00. The van der Waals surface area contributed by atoms with Crippen molar-refractivity contribution in [2.75, 3.05) is 0 Å². The molecule has 0 N–H and O–H groups in total. The number of ketones is 2. The zero-order valence-corrected chi connectivity index (χ0v) is 19.7. The van der Waals surface area contributed by atoms with Crippen molar-refractivity contribution in [1.29, 1.82) is 0 Å². The maximum Gasteiger partial charge on any atom is 0.197 e. The van der Waals surface area contributed by atoms with E-state index in [1.165, 1.54) is 26.3 Å². The van der Waals surface area contributed by atoms with Gasteiger partial charge >= 0.3 is 0 Å². The van der Waals surface area contributed by atoms with Crippen LogP contribution in [-0.2, 0) is 7.05 Å². The highest BCUT2D eigenvalue weighted by molar-refractivity contribution is 7.22. The van der Waals surface area contributed by atoms with Crippen molar-refractivity contribution in [3.63, 3.8) is 0 Å². The zero-order valence-electron chi connectivity index (χ0n) is 18.0. The van der Waals surface area contributed by atoms with E-state index in [0.29, 0.717) is 16.1 Å². The fourth-order valence-electron chi connectivity index (χ4n) is 4.68. The molecule has 34 heavy (non-hydrogen) atoms. The van der Waals surface area contributed by atoms with Gasteiger partial charge in [0, 0.05) is 22.9 Å². The number of thiophene rings is 1. The molecule has 0 unspecified atom stereocenters. The van der Waals surface area contributed by atoms with E-state index in [1.807, 2.05) is 43.4 Å². The summed E-state index contributed by atoms with van der Waals surface area (Å²) in [5, 5.41) is 3.81. The summed E-state index contributed by atoms with van der Waals surface area (Å²) in [6, 6.07) is 24.1. The van der Waals surface area contributed by atoms with Crippen LogP contribution in [0.5, 0.6) is 0 Å². The summed E-state index contributed by atoms with van der Waals surface area (Å²) in [5.74, 6) is -0.452. The van der Waals surface area contributed by atoms with Crippen LogP contribution in [0.15, 0.2) is 78.4 Å². The fourth-order valence-corrected chi connectivity index (χ4v) is 6.77. The van der Waals surface area contributed by atoms with Crippen LogP contribution in [0.1, 0.15) is 25.7 Å². The molecule has 1 aliphatic rings. The maximum absolute atomic E-state index is 13.1. The monoisotopic (exact) mass is 476 g/mol. The summed E-state index contributed by atoms with van der Waals surface area (Å²) in [7, 11) is 2.01. The molecule has 162 valence electrons. The molecule has 0 aliphatic heterocycles. The van der Waals surface area contributed by atoms with E-state index in [-0.39, 0.29) is 17.1 Å². The predicted molar refractivity (Wildman–Crippen MR) is 140 cm³/mol. The number of hydrogen-bond donors (Lipinski definition) is 0. The first-order chi connectivity index (χ1) is 16.6. The summed E-state index contributed by atoms with van der Waals surface area (Å²) in [4.78, 5) is 32.1. The van der Waals surface area contributed by atoms with Crippen molar-refractivity contribution >= 4 is 71.5 Å². The third kappa shape index (κ3) is 2.79. The Hall–Kier alpha value is -3.87. The highest BCUT2D eigenvalue weighted by Crippen LogP contribution is 2.38. The van der Waals surface area contributed by atoms with E-state index in [1.54, 1.807) is 17.4 Å². The van der Waals surface area contributed by atoms with Gasteiger partial charge in [0.25, 0.3) is 0 Å². The van der Waals surface area contributed by atoms with Crippen LogP contribution in [0.25, 0.3) is 47.9 Å². The number of rotatable bonds is 2. The SMILES string of the molecule is Cn1c(-c2cc3ccccc3s2)cc2sc(C=C3C(=O)c4cc5ccccc5cc4C3=O)nc21. The number of fused-ring (bicyclic) bond motifs is 4. The first kappa shape index (κ1) is 19.6. The number of thiazole rings is 1. The first-order valence-corrected chi connectivity index (χ1v) is 12.5. The molecule has 0 radical (unpaired) electrons. The zero-order chi connectivity index (χ0) is 23.0. The molecule has 3 aromatic heterocycles. The number of allylic oxidation sites excluding steroid dienone is 1. The van der Waals surface area contributed by atoms with E-state index in [4.69, 9.17) is 4.98 Å². The molecular formula is C28H16N2O2S2. The first-order valence-electron chi connectivity index (χ1n) is 10.9. The largest absolute Gasteiger partial charge is 0.327 e. The number of nitrogens with zero attached hydrogens (tertiary/aromatic N) is 2. The maximum atomic E-state index is 13.1. The Bertz CT molecular complexity index is 1780. The minimum atomic E-state index is -0.226. The number of Topliss-reactive ketones (excluding diaryl/α,β-unsaturated/α-hetero) is 2. The van der Waals surface area contributed by atoms with Gasteiger partial charge in [0.1, 0.15) is 5.01 Å². The van der Waals surface area contributed by atoms with Gasteiger partial charge in [-0.05, 0) is 52.6 Å². The van der Waals surface area contributed by atoms with Crippen molar-refractivity contribution in [3.8, 4) is 10.6 Å². The standard InChI is InChI=1S/C28H16N2O2S2/c1-30-21(23-12-17-8-4-5-9-22(17)33-23)14-24-28(30)29-25(34-24)13-20-26(31)18-10-15-6-2-3-7-16(15)11-19(18)27(20)32/h2-14H,1H3. The average Bonchev–Trinajstić information content (AvgIpc) is 3.58. The molecule has 0 amide bonds. The van der Waals surface area contributed by atoms with Crippen LogP contribution in [0.2, 0.25) is 0 Å². The number of aryl methyl sites for hydroxylation is 1. The Morgan fingerprint density at radius 2 is 1.41 bits per heavy atom. The van der Waals surface area contributed by atoms with Crippen molar-refractivity contribution in [1.82, 2.24) is 9.55 Å². The van der Waals surface area contributed by atoms with Gasteiger partial charge in [-0.25, -0.2) is 4.98 Å². The van der Waals surface area contributed by atoms with Crippen molar-refractivity contribution in [2.45, 2.75) is 0 Å². The van der Waals surface area contributed by atoms with Crippen LogP contribution in [-0.4, -0.2) is 21.1 Å². The van der Waals surface area contributed by atoms with E-state index in [2.05, 4.69) is 41.0 Å². The molecule has 7 rings (SSSR count). The second-order valence-corrected chi connectivity index (χ2v) is 10.6. The second kappa shape index (κ2) is 7.06. The minimum Gasteiger partial charge on any atom is -0.327 e. The average molecular weight is 477 g/mol. The normalized spacial score (nSPS) is 13.5. The molecule has 0 saturated carbocycles. The molecule has 3 aromatic carbocycles. The molecule has 0 saturated heterocycles. The molecule has 0 fully saturated rings. The van der Waals surface area contributed by atoms with E-state index >= 15 is 0 Å². The van der Waals surface area contributed by atoms with Gasteiger partial charge in [-0.3, -0.25) is 9.59 Å². The lowest BCUT2D eigenvalue weighted by atomic mass is 10.0. The Morgan fingerprint density at radius 3 is 2.06 bits per heavy atom. The Balaban J connectivity index is 1.29. The number of aromatic nitrogens is 2. The smallest absolute Gasteiger partial charge is 0.197 e. The highest BCUT2D eigenvalue weighted by atomic mass is 32.1. The number of benzene rings is 3. The van der Waals surface area contributed by atoms with Crippen LogP contribution in [0.4, 0.5) is 0 Å². The quantitative estimate of drug-likeness (QED) is 0.197. The summed E-state index contributed by atoms with van der Waals surface area (Å²) >= 11 is 3.26. The van der Waals surface area contributed by atoms with E-state index < -0.39 is 0 Å². The van der Waals surface area contributed by atoms with Gasteiger partial charge in [-0.15, -0.1) is 22.7 Å². The van der Waals surface area contributed by atoms with E-state index in [9.17, 15) is 9.59 Å². The number of carbonyl (C=O) groups excluding carboxylic acids is 2. The fraction of sp³-hybridized carbons (Fsp3) is 0.0357. The van der Waals surface area contributed by atoms with Gasteiger partial charge < -0.3 is 4.57 Å². The lowest BCUT2D eigenvalue weighted by molar-refractivity contribution is 0.0990. The van der Waals surface area contributed by atoms with Crippen LogP contribution in [0, 0.1) is 0 Å². The Labute approximate surface area is 202 Å². The Kier molecular flexibility index (Phi) is 4.07. The van der Waals surface area contributed by atoms with Gasteiger partial charge in [0.05, 0.1) is 20.8 Å². The second-order valence-electron chi connectivity index (χ2n) is 8.44. The highest BCUT2D eigenvalue weighted by Gasteiger charge is 2.33. The van der Waals surface area contributed by atoms with Crippen molar-refractivity contribution in [2.24, 2.45) is 7.05 Å². The van der Waals surface area contributed by atoms with Gasteiger partial charge in [0.15, 0.2) is 17.2 Å². The van der Waals surface area contributed by atoms with E-state index in [0.717, 1.165) is 26.8 Å². The molecule has 3 heterocycles. The molecule has 0 atom stereocenters.